The van der Waals surface area contributed by atoms with Gasteiger partial charge in [0.2, 0.25) is 0 Å². The van der Waals surface area contributed by atoms with Crippen molar-refractivity contribution in [1.82, 2.24) is 9.97 Å². The van der Waals surface area contributed by atoms with Gasteiger partial charge >= 0.3 is 0 Å². The van der Waals surface area contributed by atoms with Gasteiger partial charge in [0.1, 0.15) is 5.82 Å². The SMILES string of the molecule is CC(=O)c1cccc(Nc2nc(-c3ccccc3)nc3ccccc23)c1.[Cl-]. The van der Waals surface area contributed by atoms with E-state index in [-0.39, 0.29) is 18.2 Å². The van der Waals surface area contributed by atoms with E-state index in [1.165, 1.54) is 0 Å². The minimum atomic E-state index is 0. The molecule has 0 bridgehead atoms. The van der Waals surface area contributed by atoms with Crippen molar-refractivity contribution in [3.8, 4) is 11.4 Å². The second-order valence-corrected chi connectivity index (χ2v) is 6.04. The third-order valence-electron chi connectivity index (χ3n) is 4.17. The Morgan fingerprint density at radius 3 is 2.37 bits per heavy atom. The van der Waals surface area contributed by atoms with Crippen LogP contribution in [0.5, 0.6) is 0 Å². The fourth-order valence-electron chi connectivity index (χ4n) is 2.84. The van der Waals surface area contributed by atoms with Crippen LogP contribution in [0.2, 0.25) is 0 Å². The van der Waals surface area contributed by atoms with Crippen molar-refractivity contribution >= 4 is 28.2 Å². The van der Waals surface area contributed by atoms with Crippen molar-refractivity contribution < 1.29 is 17.2 Å². The molecular formula is C22H17ClN3O-. The van der Waals surface area contributed by atoms with Crippen molar-refractivity contribution in [3.63, 3.8) is 0 Å². The lowest BCUT2D eigenvalue weighted by Gasteiger charge is -2.11. The summed E-state index contributed by atoms with van der Waals surface area (Å²) in [6, 6.07) is 25.2. The maximum Gasteiger partial charge on any atom is 0.162 e. The molecule has 27 heavy (non-hydrogen) atoms. The zero-order valence-corrected chi connectivity index (χ0v) is 15.4. The summed E-state index contributed by atoms with van der Waals surface area (Å²) in [5, 5.41) is 4.28. The van der Waals surface area contributed by atoms with Crippen LogP contribution in [0.4, 0.5) is 11.5 Å². The molecule has 4 aromatic rings. The lowest BCUT2D eigenvalue weighted by atomic mass is 10.1. The van der Waals surface area contributed by atoms with Crippen LogP contribution in [0.15, 0.2) is 78.9 Å². The summed E-state index contributed by atoms with van der Waals surface area (Å²) in [4.78, 5) is 21.1. The minimum absolute atomic E-state index is 0. The average molecular weight is 375 g/mol. The molecule has 0 spiro atoms. The number of nitrogens with zero attached hydrogens (tertiary/aromatic N) is 2. The molecule has 0 unspecified atom stereocenters. The first-order chi connectivity index (χ1) is 12.7. The number of nitrogens with one attached hydrogen (secondary N) is 1. The summed E-state index contributed by atoms with van der Waals surface area (Å²) in [7, 11) is 0. The molecule has 134 valence electrons. The van der Waals surface area contributed by atoms with E-state index >= 15 is 0 Å². The number of carbonyl (C=O) groups is 1. The van der Waals surface area contributed by atoms with Gasteiger partial charge in [-0.3, -0.25) is 4.79 Å². The van der Waals surface area contributed by atoms with Gasteiger partial charge in [-0.2, -0.15) is 0 Å². The van der Waals surface area contributed by atoms with Crippen LogP contribution in [0.3, 0.4) is 0 Å². The predicted molar refractivity (Wildman–Crippen MR) is 105 cm³/mol. The fraction of sp³-hybridized carbons (Fsp3) is 0.0455. The Morgan fingerprint density at radius 1 is 0.852 bits per heavy atom. The molecule has 0 amide bonds. The summed E-state index contributed by atoms with van der Waals surface area (Å²) < 4.78 is 0. The van der Waals surface area contributed by atoms with E-state index in [1.54, 1.807) is 13.0 Å². The summed E-state index contributed by atoms with van der Waals surface area (Å²) in [6.45, 7) is 1.56. The Labute approximate surface area is 163 Å². The molecule has 0 fully saturated rings. The number of hydrogen-bond acceptors (Lipinski definition) is 4. The first kappa shape index (κ1) is 18.5. The predicted octanol–water partition coefficient (Wildman–Crippen LogP) is 2.25. The number of benzene rings is 3. The highest BCUT2D eigenvalue weighted by Crippen LogP contribution is 2.27. The number of aromatic nitrogens is 2. The standard InChI is InChI=1S/C22H17N3O.ClH/c1-15(26)17-10-7-11-18(14-17)23-22-19-12-5-6-13-20(19)24-21(25-22)16-8-3-2-4-9-16;/h2-14H,1H3,(H,23,24,25);1H/p-1. The van der Waals surface area contributed by atoms with Crippen LogP contribution in [-0.2, 0) is 0 Å². The molecule has 0 saturated heterocycles. The van der Waals surface area contributed by atoms with Gasteiger partial charge in [0.25, 0.3) is 0 Å². The van der Waals surface area contributed by atoms with E-state index in [4.69, 9.17) is 4.98 Å². The van der Waals surface area contributed by atoms with Gasteiger partial charge in [-0.1, -0.05) is 54.6 Å². The van der Waals surface area contributed by atoms with Crippen LogP contribution >= 0.6 is 0 Å². The smallest absolute Gasteiger partial charge is 0.162 e. The lowest BCUT2D eigenvalue weighted by molar-refractivity contribution is -0.0000132. The Balaban J connectivity index is 0.00000210. The van der Waals surface area contributed by atoms with E-state index in [2.05, 4.69) is 10.3 Å². The largest absolute Gasteiger partial charge is 1.00 e. The number of anilines is 2. The van der Waals surface area contributed by atoms with E-state index in [0.717, 1.165) is 28.0 Å². The summed E-state index contributed by atoms with van der Waals surface area (Å²) >= 11 is 0. The van der Waals surface area contributed by atoms with E-state index < -0.39 is 0 Å². The highest BCUT2D eigenvalue weighted by molar-refractivity contribution is 5.96. The zero-order chi connectivity index (χ0) is 17.9. The fourth-order valence-corrected chi connectivity index (χ4v) is 2.84. The van der Waals surface area contributed by atoms with E-state index in [0.29, 0.717) is 11.4 Å². The molecule has 4 rings (SSSR count). The first-order valence-electron chi connectivity index (χ1n) is 8.41. The molecule has 3 aromatic carbocycles. The molecule has 5 heteroatoms. The number of hydrogen-bond donors (Lipinski definition) is 1. The Morgan fingerprint density at radius 2 is 1.59 bits per heavy atom. The molecule has 1 heterocycles. The van der Waals surface area contributed by atoms with Crippen molar-refractivity contribution in [1.29, 1.82) is 0 Å². The number of Topliss-reactive ketones (excluding diaryl/α,β-unsaturated/α-hetero) is 1. The van der Waals surface area contributed by atoms with Gasteiger partial charge in [-0.15, -0.1) is 0 Å². The molecule has 0 atom stereocenters. The molecule has 0 aliphatic rings. The zero-order valence-electron chi connectivity index (χ0n) is 14.7. The topological polar surface area (TPSA) is 54.9 Å². The number of ketones is 1. The number of carbonyl (C=O) groups excluding carboxylic acids is 1. The van der Waals surface area contributed by atoms with Crippen molar-refractivity contribution in [3.05, 3.63) is 84.4 Å². The maximum atomic E-state index is 11.6. The second kappa shape index (κ2) is 7.98. The van der Waals surface area contributed by atoms with Crippen LogP contribution in [0.25, 0.3) is 22.3 Å². The molecule has 0 saturated carbocycles. The minimum Gasteiger partial charge on any atom is -1.00 e. The first-order valence-corrected chi connectivity index (χ1v) is 8.41. The third kappa shape index (κ3) is 3.96. The van der Waals surface area contributed by atoms with Crippen LogP contribution in [0, 0.1) is 0 Å². The van der Waals surface area contributed by atoms with Gasteiger partial charge in [-0.05, 0) is 31.2 Å². The van der Waals surface area contributed by atoms with Gasteiger partial charge in [0, 0.05) is 22.2 Å². The van der Waals surface area contributed by atoms with Gasteiger partial charge in [-0.25, -0.2) is 9.97 Å². The van der Waals surface area contributed by atoms with Crippen molar-refractivity contribution in [2.24, 2.45) is 0 Å². The van der Waals surface area contributed by atoms with Crippen LogP contribution in [0.1, 0.15) is 17.3 Å². The highest BCUT2D eigenvalue weighted by atomic mass is 35.5. The Bertz CT molecular complexity index is 1100. The molecule has 0 aliphatic carbocycles. The average Bonchev–Trinajstić information content (AvgIpc) is 2.69. The van der Waals surface area contributed by atoms with E-state index in [9.17, 15) is 4.79 Å². The van der Waals surface area contributed by atoms with E-state index in [1.807, 2.05) is 72.8 Å². The van der Waals surface area contributed by atoms with Crippen LogP contribution < -0.4 is 17.7 Å². The van der Waals surface area contributed by atoms with Crippen molar-refractivity contribution in [2.75, 3.05) is 5.32 Å². The normalized spacial score (nSPS) is 10.3. The monoisotopic (exact) mass is 374 g/mol. The van der Waals surface area contributed by atoms with Gasteiger partial charge in [0.05, 0.1) is 5.52 Å². The molecule has 1 N–H and O–H groups in total. The Kier molecular flexibility index (Phi) is 5.48. The second-order valence-electron chi connectivity index (χ2n) is 6.04. The molecule has 1 aromatic heterocycles. The number of rotatable bonds is 4. The summed E-state index contributed by atoms with van der Waals surface area (Å²) in [6.07, 6.45) is 0. The summed E-state index contributed by atoms with van der Waals surface area (Å²) in [5.41, 5.74) is 3.31. The molecule has 0 aliphatic heterocycles. The molecule has 4 nitrogen and oxygen atoms in total. The van der Waals surface area contributed by atoms with Gasteiger partial charge in [0.15, 0.2) is 11.6 Å². The molecule has 0 radical (unpaired) electrons. The Hall–Kier alpha value is -3.24. The quantitative estimate of drug-likeness (QED) is 0.557. The van der Waals surface area contributed by atoms with Crippen molar-refractivity contribution in [2.45, 2.75) is 6.92 Å². The lowest BCUT2D eigenvalue weighted by Crippen LogP contribution is -3.00. The maximum absolute atomic E-state index is 11.6. The summed E-state index contributed by atoms with van der Waals surface area (Å²) in [5.74, 6) is 1.41. The van der Waals surface area contributed by atoms with Gasteiger partial charge < -0.3 is 17.7 Å². The van der Waals surface area contributed by atoms with Crippen LogP contribution in [-0.4, -0.2) is 15.8 Å². The number of halogens is 1. The third-order valence-corrected chi connectivity index (χ3v) is 4.17. The molecular weight excluding hydrogens is 358 g/mol. The number of fused-ring (bicyclic) bond motifs is 1. The number of para-hydroxylation sites is 1. The highest BCUT2D eigenvalue weighted by Gasteiger charge is 2.10.